The number of β-lactam (4-membered cyclic amide) rings is 1. The molecule has 0 unspecified atom stereocenters. The van der Waals surface area contributed by atoms with Crippen LogP contribution in [0, 0.1) is 11.8 Å². The summed E-state index contributed by atoms with van der Waals surface area (Å²) in [6, 6.07) is 13.2. The minimum atomic E-state index is -1.94. The molecule has 1 amide bonds. The predicted octanol–water partition coefficient (Wildman–Crippen LogP) is 6.27. The highest BCUT2D eigenvalue weighted by Crippen LogP contribution is 2.35. The van der Waals surface area contributed by atoms with Crippen LogP contribution in [0.25, 0.3) is 0 Å². The van der Waals surface area contributed by atoms with Gasteiger partial charge < -0.3 is 14.5 Å². The fraction of sp³-hybridized carbons (Fsp3) is 0.714. The summed E-state index contributed by atoms with van der Waals surface area (Å²) >= 11 is 0. The van der Waals surface area contributed by atoms with Crippen molar-refractivity contribution in [3.05, 3.63) is 35.9 Å². The van der Waals surface area contributed by atoms with E-state index in [4.69, 9.17) is 9.16 Å². The molecule has 34 heavy (non-hydrogen) atoms. The summed E-state index contributed by atoms with van der Waals surface area (Å²) in [5.41, 5.74) is 1.05. The summed E-state index contributed by atoms with van der Waals surface area (Å²) in [5, 5.41) is 3.00. The van der Waals surface area contributed by atoms with Gasteiger partial charge in [0.1, 0.15) is 6.61 Å². The molecule has 4 atom stereocenters. The van der Waals surface area contributed by atoms with Crippen molar-refractivity contribution < 1.29 is 18.8 Å². The third-order valence-electron chi connectivity index (χ3n) is 7.30. The number of hydrogen-bond donors (Lipinski definition) is 1. The number of Topliss-reactive ketones (excluding diaryl/α,β-unsaturated/α-hetero) is 1. The van der Waals surface area contributed by atoms with Crippen LogP contribution >= 0.6 is 0 Å². The normalized spacial score (nSPS) is 19.9. The average molecular weight is 490 g/mol. The molecule has 0 bridgehead atoms. The topological polar surface area (TPSA) is 64.6 Å². The molecule has 0 aliphatic carbocycles. The minimum Gasteiger partial charge on any atom is -0.413 e. The fourth-order valence-electron chi connectivity index (χ4n) is 5.05. The van der Waals surface area contributed by atoms with Gasteiger partial charge in [-0.3, -0.25) is 9.59 Å². The van der Waals surface area contributed by atoms with Gasteiger partial charge in [0.05, 0.1) is 24.7 Å². The maximum atomic E-state index is 12.8. The third kappa shape index (κ3) is 8.31. The number of rotatable bonds is 18. The lowest BCUT2D eigenvalue weighted by molar-refractivity contribution is -0.145. The highest BCUT2D eigenvalue weighted by atomic mass is 28.4. The summed E-state index contributed by atoms with van der Waals surface area (Å²) < 4.78 is 12.6. The van der Waals surface area contributed by atoms with Crippen molar-refractivity contribution in [2.45, 2.75) is 110 Å². The van der Waals surface area contributed by atoms with E-state index in [1.54, 1.807) is 0 Å². The van der Waals surface area contributed by atoms with E-state index in [-0.39, 0.29) is 42.3 Å². The van der Waals surface area contributed by atoms with E-state index in [9.17, 15) is 9.59 Å². The average Bonchev–Trinajstić information content (AvgIpc) is 2.83. The van der Waals surface area contributed by atoms with E-state index >= 15 is 0 Å². The summed E-state index contributed by atoms with van der Waals surface area (Å²) in [4.78, 5) is 25.5. The van der Waals surface area contributed by atoms with Gasteiger partial charge in [0.2, 0.25) is 5.91 Å². The Kier molecular flexibility index (Phi) is 12.5. The lowest BCUT2D eigenvalue weighted by Gasteiger charge is -2.46. The van der Waals surface area contributed by atoms with Gasteiger partial charge in [-0.2, -0.15) is 0 Å². The number of nitrogens with one attached hydrogen (secondary N) is 1. The van der Waals surface area contributed by atoms with Gasteiger partial charge >= 0.3 is 0 Å². The van der Waals surface area contributed by atoms with E-state index in [0.29, 0.717) is 6.61 Å². The van der Waals surface area contributed by atoms with Crippen molar-refractivity contribution in [3.8, 4) is 0 Å². The highest BCUT2D eigenvalue weighted by molar-refractivity contribution is 6.73. The molecule has 1 N–H and O–H groups in total. The van der Waals surface area contributed by atoms with Gasteiger partial charge in [0.15, 0.2) is 14.1 Å². The smallest absolute Gasteiger partial charge is 0.228 e. The van der Waals surface area contributed by atoms with Crippen LogP contribution in [0.1, 0.15) is 78.7 Å². The van der Waals surface area contributed by atoms with Crippen molar-refractivity contribution in [3.63, 3.8) is 0 Å². The van der Waals surface area contributed by atoms with Crippen LogP contribution in [-0.4, -0.2) is 38.8 Å². The Morgan fingerprint density at radius 3 is 2.03 bits per heavy atom. The number of amides is 1. The number of carbonyl (C=O) groups excluding carboxylic acids is 2. The second-order valence-electron chi connectivity index (χ2n) is 10.1. The number of unbranched alkanes of at least 4 members (excludes halogenated alkanes) is 3. The summed E-state index contributed by atoms with van der Waals surface area (Å²) in [7, 11) is -1.94. The van der Waals surface area contributed by atoms with Crippen molar-refractivity contribution in [1.82, 2.24) is 5.32 Å². The minimum absolute atomic E-state index is 0.0201. The first-order valence-electron chi connectivity index (χ1n) is 13.5. The predicted molar refractivity (Wildman–Crippen MR) is 141 cm³/mol. The van der Waals surface area contributed by atoms with Crippen molar-refractivity contribution in [2.24, 2.45) is 11.8 Å². The molecule has 1 aromatic rings. The number of benzene rings is 1. The number of ketones is 1. The van der Waals surface area contributed by atoms with Crippen LogP contribution in [0.15, 0.2) is 30.3 Å². The monoisotopic (exact) mass is 489 g/mol. The first-order valence-corrected chi connectivity index (χ1v) is 16.0. The van der Waals surface area contributed by atoms with Crippen LogP contribution in [-0.2, 0) is 25.4 Å². The summed E-state index contributed by atoms with van der Waals surface area (Å²) in [6.45, 7) is 11.2. The zero-order chi connectivity index (χ0) is 25.0. The standard InChI is InChI=1S/C28H47NO4Si/c1-6-9-17-34(18-10-7-2,19-11-8-3)33-23(5)26-27(29-28(26)31)22(4)25(30)21-32-20-24-15-13-12-14-16-24/h12-16,22-23,26-27H,6-11,17-21H2,1-5H3,(H,29,31)/t22-,23+,26+,27+/m0/s1. The van der Waals surface area contributed by atoms with Crippen molar-refractivity contribution in [2.75, 3.05) is 6.61 Å². The molecule has 1 fully saturated rings. The highest BCUT2D eigenvalue weighted by Gasteiger charge is 2.49. The Bertz CT molecular complexity index is 719. The second kappa shape index (κ2) is 14.8. The Balaban J connectivity index is 2.00. The molecule has 0 radical (unpaired) electrons. The van der Waals surface area contributed by atoms with Gasteiger partial charge in [-0.1, -0.05) is 96.6 Å². The van der Waals surface area contributed by atoms with Gasteiger partial charge in [-0.15, -0.1) is 0 Å². The SMILES string of the molecule is CCCC[Si](CCCC)(CCCC)O[C@H](C)[C@H]1C(=O)N[C@@H]1[C@@H](C)C(=O)COCc1ccccc1. The molecule has 0 spiro atoms. The van der Waals surface area contributed by atoms with E-state index in [2.05, 4.69) is 33.0 Å². The van der Waals surface area contributed by atoms with E-state index in [1.807, 2.05) is 37.3 Å². The zero-order valence-electron chi connectivity index (χ0n) is 22.1. The fourth-order valence-corrected chi connectivity index (χ4v) is 10.1. The summed E-state index contributed by atoms with van der Waals surface area (Å²) in [6.07, 6.45) is 6.95. The Labute approximate surface area is 208 Å². The molecule has 192 valence electrons. The van der Waals surface area contributed by atoms with E-state index in [0.717, 1.165) is 5.56 Å². The molecule has 0 saturated carbocycles. The Morgan fingerprint density at radius 1 is 0.971 bits per heavy atom. The van der Waals surface area contributed by atoms with Crippen LogP contribution in [0.4, 0.5) is 0 Å². The molecule has 2 rings (SSSR count). The Morgan fingerprint density at radius 2 is 1.53 bits per heavy atom. The molecule has 6 heteroatoms. The van der Waals surface area contributed by atoms with Crippen LogP contribution in [0.5, 0.6) is 0 Å². The lowest BCUT2D eigenvalue weighted by atomic mass is 9.77. The quantitative estimate of drug-likeness (QED) is 0.195. The second-order valence-corrected chi connectivity index (χ2v) is 14.2. The molecule has 1 aliphatic rings. The van der Waals surface area contributed by atoms with Crippen LogP contribution in [0.2, 0.25) is 18.1 Å². The van der Waals surface area contributed by atoms with Crippen molar-refractivity contribution in [1.29, 1.82) is 0 Å². The maximum Gasteiger partial charge on any atom is 0.228 e. The maximum absolute atomic E-state index is 12.8. The van der Waals surface area contributed by atoms with Gasteiger partial charge in [-0.25, -0.2) is 0 Å². The molecular formula is C28H47NO4Si. The molecule has 1 saturated heterocycles. The molecule has 1 aromatic carbocycles. The van der Waals surface area contributed by atoms with Gasteiger partial charge in [-0.05, 0) is 30.6 Å². The molecular weight excluding hydrogens is 442 g/mol. The molecule has 1 heterocycles. The summed E-state index contributed by atoms with van der Waals surface area (Å²) in [5.74, 6) is -0.497. The number of hydrogen-bond acceptors (Lipinski definition) is 4. The first kappa shape index (κ1) is 28.7. The molecule has 0 aromatic heterocycles. The van der Waals surface area contributed by atoms with Gasteiger partial charge in [0.25, 0.3) is 0 Å². The van der Waals surface area contributed by atoms with Crippen LogP contribution < -0.4 is 5.32 Å². The third-order valence-corrected chi connectivity index (χ3v) is 12.0. The first-order chi connectivity index (χ1) is 16.4. The van der Waals surface area contributed by atoms with Gasteiger partial charge in [0, 0.05) is 5.92 Å². The number of carbonyl (C=O) groups is 2. The van der Waals surface area contributed by atoms with E-state index < -0.39 is 8.32 Å². The van der Waals surface area contributed by atoms with Crippen molar-refractivity contribution >= 4 is 20.0 Å². The lowest BCUT2D eigenvalue weighted by Crippen LogP contribution is -2.66. The largest absolute Gasteiger partial charge is 0.413 e. The van der Waals surface area contributed by atoms with Crippen LogP contribution in [0.3, 0.4) is 0 Å². The zero-order valence-corrected chi connectivity index (χ0v) is 23.1. The number of ether oxygens (including phenoxy) is 1. The molecule has 1 aliphatic heterocycles. The van der Waals surface area contributed by atoms with E-state index in [1.165, 1.54) is 56.7 Å². The Hall–Kier alpha value is -1.50. The molecule has 5 nitrogen and oxygen atoms in total.